The van der Waals surface area contributed by atoms with Gasteiger partial charge in [0.25, 0.3) is 5.69 Å². The molecule has 0 bridgehead atoms. The first-order valence-electron chi connectivity index (χ1n) is 5.56. The SMILES string of the molecule is CN(C)c1nc(Cl)nc(Nc2cccc([N+](=O)[O-])c2)n1. The Morgan fingerprint density at radius 1 is 1.30 bits per heavy atom. The van der Waals surface area contributed by atoms with Crippen LogP contribution >= 0.6 is 11.6 Å². The quantitative estimate of drug-likeness (QED) is 0.682. The van der Waals surface area contributed by atoms with E-state index in [1.807, 2.05) is 0 Å². The predicted molar refractivity (Wildman–Crippen MR) is 75.5 cm³/mol. The van der Waals surface area contributed by atoms with E-state index in [1.54, 1.807) is 31.1 Å². The number of benzene rings is 1. The van der Waals surface area contributed by atoms with Gasteiger partial charge in [0.1, 0.15) is 0 Å². The van der Waals surface area contributed by atoms with Gasteiger partial charge in [0.15, 0.2) is 0 Å². The number of aromatic nitrogens is 3. The van der Waals surface area contributed by atoms with E-state index in [4.69, 9.17) is 11.6 Å². The number of rotatable bonds is 4. The summed E-state index contributed by atoms with van der Waals surface area (Å²) in [6.45, 7) is 0. The lowest BCUT2D eigenvalue weighted by Gasteiger charge is -2.11. The van der Waals surface area contributed by atoms with Crippen molar-refractivity contribution in [3.63, 3.8) is 0 Å². The molecular formula is C11H11ClN6O2. The van der Waals surface area contributed by atoms with Gasteiger partial charge < -0.3 is 10.2 Å². The number of nitrogens with zero attached hydrogens (tertiary/aromatic N) is 5. The van der Waals surface area contributed by atoms with Crippen LogP contribution in [-0.4, -0.2) is 34.0 Å². The van der Waals surface area contributed by atoms with Gasteiger partial charge in [-0.15, -0.1) is 0 Å². The van der Waals surface area contributed by atoms with Crippen LogP contribution in [0, 0.1) is 10.1 Å². The molecule has 0 aliphatic heterocycles. The first kappa shape index (κ1) is 13.9. The third kappa shape index (κ3) is 3.29. The Balaban J connectivity index is 2.30. The molecule has 104 valence electrons. The maximum Gasteiger partial charge on any atom is 0.271 e. The molecule has 1 N–H and O–H groups in total. The van der Waals surface area contributed by atoms with Gasteiger partial charge in [-0.25, -0.2) is 0 Å². The number of non-ortho nitro benzene ring substituents is 1. The van der Waals surface area contributed by atoms with Crippen molar-refractivity contribution in [2.45, 2.75) is 0 Å². The van der Waals surface area contributed by atoms with E-state index in [1.165, 1.54) is 12.1 Å². The van der Waals surface area contributed by atoms with Gasteiger partial charge in [0.05, 0.1) is 4.92 Å². The monoisotopic (exact) mass is 294 g/mol. The molecule has 9 heteroatoms. The van der Waals surface area contributed by atoms with Crippen LogP contribution in [0.3, 0.4) is 0 Å². The number of anilines is 3. The van der Waals surface area contributed by atoms with Crippen molar-refractivity contribution < 1.29 is 4.92 Å². The van der Waals surface area contributed by atoms with Gasteiger partial charge in [0.2, 0.25) is 17.2 Å². The van der Waals surface area contributed by atoms with Crippen molar-refractivity contribution in [3.8, 4) is 0 Å². The van der Waals surface area contributed by atoms with Crippen LogP contribution < -0.4 is 10.2 Å². The van der Waals surface area contributed by atoms with E-state index >= 15 is 0 Å². The van der Waals surface area contributed by atoms with E-state index < -0.39 is 4.92 Å². The van der Waals surface area contributed by atoms with E-state index in [9.17, 15) is 10.1 Å². The van der Waals surface area contributed by atoms with Crippen molar-refractivity contribution in [1.82, 2.24) is 15.0 Å². The van der Waals surface area contributed by atoms with Gasteiger partial charge in [0, 0.05) is 31.9 Å². The summed E-state index contributed by atoms with van der Waals surface area (Å²) in [6, 6.07) is 6.01. The molecule has 1 aromatic heterocycles. The van der Waals surface area contributed by atoms with Crippen molar-refractivity contribution in [2.75, 3.05) is 24.3 Å². The Morgan fingerprint density at radius 3 is 2.70 bits per heavy atom. The van der Waals surface area contributed by atoms with Crippen LogP contribution in [-0.2, 0) is 0 Å². The van der Waals surface area contributed by atoms with Crippen molar-refractivity contribution in [2.24, 2.45) is 0 Å². The van der Waals surface area contributed by atoms with Crippen LogP contribution in [0.4, 0.5) is 23.3 Å². The number of nitro groups is 1. The lowest BCUT2D eigenvalue weighted by Crippen LogP contribution is -2.14. The van der Waals surface area contributed by atoms with Crippen molar-refractivity contribution in [1.29, 1.82) is 0 Å². The highest BCUT2D eigenvalue weighted by molar-refractivity contribution is 6.28. The van der Waals surface area contributed by atoms with E-state index in [-0.39, 0.29) is 16.9 Å². The van der Waals surface area contributed by atoms with Crippen LogP contribution in [0.25, 0.3) is 0 Å². The molecule has 0 fully saturated rings. The minimum atomic E-state index is -0.475. The summed E-state index contributed by atoms with van der Waals surface area (Å²) >= 11 is 5.80. The summed E-state index contributed by atoms with van der Waals surface area (Å²) in [7, 11) is 3.53. The number of hydrogen-bond donors (Lipinski definition) is 1. The fourth-order valence-corrected chi connectivity index (χ4v) is 1.58. The molecule has 2 rings (SSSR count). The molecule has 0 saturated carbocycles. The fraction of sp³-hybridized carbons (Fsp3) is 0.182. The maximum atomic E-state index is 10.7. The zero-order chi connectivity index (χ0) is 14.7. The van der Waals surface area contributed by atoms with E-state index in [2.05, 4.69) is 20.3 Å². The molecule has 0 amide bonds. The van der Waals surface area contributed by atoms with Gasteiger partial charge >= 0.3 is 0 Å². The second-order valence-corrected chi connectivity index (χ2v) is 4.39. The molecule has 2 aromatic rings. The molecule has 8 nitrogen and oxygen atoms in total. The Hall–Kier alpha value is -2.48. The van der Waals surface area contributed by atoms with Gasteiger partial charge in [-0.05, 0) is 17.7 Å². The van der Waals surface area contributed by atoms with Crippen molar-refractivity contribution in [3.05, 3.63) is 39.7 Å². The fourth-order valence-electron chi connectivity index (χ4n) is 1.42. The Bertz CT molecular complexity index is 649. The van der Waals surface area contributed by atoms with Crippen LogP contribution in [0.5, 0.6) is 0 Å². The topological polar surface area (TPSA) is 97.1 Å². The molecule has 1 aromatic carbocycles. The lowest BCUT2D eigenvalue weighted by atomic mass is 10.3. The minimum absolute atomic E-state index is 0.0250. The second kappa shape index (κ2) is 5.66. The molecule has 0 radical (unpaired) electrons. The Kier molecular flexibility index (Phi) is 3.94. The van der Waals surface area contributed by atoms with Gasteiger partial charge in [-0.1, -0.05) is 6.07 Å². The molecule has 0 aliphatic rings. The number of halogens is 1. The highest BCUT2D eigenvalue weighted by Gasteiger charge is 2.09. The molecule has 0 saturated heterocycles. The lowest BCUT2D eigenvalue weighted by molar-refractivity contribution is -0.384. The van der Waals surface area contributed by atoms with Crippen LogP contribution in [0.1, 0.15) is 0 Å². The second-order valence-electron chi connectivity index (χ2n) is 4.05. The first-order valence-corrected chi connectivity index (χ1v) is 5.94. The third-order valence-electron chi connectivity index (χ3n) is 2.31. The summed E-state index contributed by atoms with van der Waals surface area (Å²) in [6.07, 6.45) is 0. The van der Waals surface area contributed by atoms with Crippen molar-refractivity contribution >= 4 is 34.9 Å². The predicted octanol–water partition coefficient (Wildman–Crippen LogP) is 2.24. The van der Waals surface area contributed by atoms with E-state index in [0.29, 0.717) is 11.6 Å². The highest BCUT2D eigenvalue weighted by Crippen LogP contribution is 2.21. The average molecular weight is 295 g/mol. The van der Waals surface area contributed by atoms with Crippen LogP contribution in [0.15, 0.2) is 24.3 Å². The number of hydrogen-bond acceptors (Lipinski definition) is 7. The third-order valence-corrected chi connectivity index (χ3v) is 2.48. The largest absolute Gasteiger partial charge is 0.347 e. The number of nitrogens with one attached hydrogen (secondary N) is 1. The molecule has 20 heavy (non-hydrogen) atoms. The Labute approximate surface area is 119 Å². The average Bonchev–Trinajstić information content (AvgIpc) is 2.38. The summed E-state index contributed by atoms with van der Waals surface area (Å²) in [4.78, 5) is 23.9. The molecule has 0 spiro atoms. The van der Waals surface area contributed by atoms with Crippen LogP contribution in [0.2, 0.25) is 5.28 Å². The van der Waals surface area contributed by atoms with E-state index in [0.717, 1.165) is 0 Å². The van der Waals surface area contributed by atoms with Gasteiger partial charge in [-0.2, -0.15) is 15.0 Å². The van der Waals surface area contributed by atoms with Gasteiger partial charge in [-0.3, -0.25) is 10.1 Å². The Morgan fingerprint density at radius 2 is 2.05 bits per heavy atom. The minimum Gasteiger partial charge on any atom is -0.347 e. The zero-order valence-corrected chi connectivity index (χ0v) is 11.5. The molecular weight excluding hydrogens is 284 g/mol. The first-order chi connectivity index (χ1) is 9.45. The standard InChI is InChI=1S/C11H11ClN6O2/c1-17(2)11-15-9(12)14-10(16-11)13-7-4-3-5-8(6-7)18(19)20/h3-6H,1-2H3,(H,13,14,15,16). The smallest absolute Gasteiger partial charge is 0.271 e. The number of nitro benzene ring substituents is 1. The zero-order valence-electron chi connectivity index (χ0n) is 10.7. The summed E-state index contributed by atoms with van der Waals surface area (Å²) in [5, 5.41) is 13.6. The highest BCUT2D eigenvalue weighted by atomic mass is 35.5. The summed E-state index contributed by atoms with van der Waals surface area (Å²) < 4.78 is 0. The molecule has 0 atom stereocenters. The molecule has 0 aliphatic carbocycles. The maximum absolute atomic E-state index is 10.7. The molecule has 0 unspecified atom stereocenters. The summed E-state index contributed by atoms with van der Waals surface area (Å²) in [5.41, 5.74) is 0.467. The normalized spacial score (nSPS) is 10.2. The summed E-state index contributed by atoms with van der Waals surface area (Å²) in [5.74, 6) is 0.604. The molecule has 1 heterocycles.